The van der Waals surface area contributed by atoms with Crippen molar-refractivity contribution in [3.8, 4) is 0 Å². The number of alkyl halides is 3. The number of aromatic nitrogens is 1. The van der Waals surface area contributed by atoms with Gasteiger partial charge in [-0.25, -0.2) is 0 Å². The van der Waals surface area contributed by atoms with Gasteiger partial charge in [0.05, 0.1) is 5.56 Å². The smallest absolute Gasteiger partial charge is 0.356 e. The lowest BCUT2D eigenvalue weighted by molar-refractivity contribution is -0.138. The van der Waals surface area contributed by atoms with Crippen LogP contribution in [0.15, 0.2) is 54.7 Å². The van der Waals surface area contributed by atoms with Crippen molar-refractivity contribution in [3.05, 3.63) is 71.4 Å². The summed E-state index contributed by atoms with van der Waals surface area (Å²) in [4.78, 5) is 12.6. The van der Waals surface area contributed by atoms with Gasteiger partial charge >= 0.3 is 6.18 Å². The van der Waals surface area contributed by atoms with E-state index in [2.05, 4.69) is 5.32 Å². The Balaban J connectivity index is 2.12. The van der Waals surface area contributed by atoms with Crippen molar-refractivity contribution in [2.45, 2.75) is 32.4 Å². The fraction of sp³-hybridized carbons (Fsp3) is 0.348. The van der Waals surface area contributed by atoms with E-state index in [1.165, 1.54) is 12.1 Å². The summed E-state index contributed by atoms with van der Waals surface area (Å²) < 4.78 is 43.1. The molecule has 0 radical (unpaired) electrons. The molecule has 0 aliphatic heterocycles. The van der Waals surface area contributed by atoms with E-state index in [1.54, 1.807) is 6.07 Å². The molecule has 1 amide bonds. The van der Waals surface area contributed by atoms with E-state index in [9.17, 15) is 18.0 Å². The van der Waals surface area contributed by atoms with E-state index in [-0.39, 0.29) is 23.8 Å². The van der Waals surface area contributed by atoms with Gasteiger partial charge < -0.3 is 9.88 Å². The molecule has 1 N–H and O–H groups in total. The van der Waals surface area contributed by atoms with E-state index in [0.29, 0.717) is 6.54 Å². The van der Waals surface area contributed by atoms with Gasteiger partial charge in [0, 0.05) is 43.0 Å². The molecular weight excluding hydrogens is 377 g/mol. The van der Waals surface area contributed by atoms with Crippen LogP contribution >= 0.6 is 0 Å². The van der Waals surface area contributed by atoms with Gasteiger partial charge in [-0.2, -0.15) is 13.2 Å². The molecule has 154 valence electrons. The molecule has 0 spiro atoms. The van der Waals surface area contributed by atoms with Gasteiger partial charge in [-0.3, -0.25) is 4.79 Å². The quantitative estimate of drug-likeness (QED) is 0.581. The summed E-state index contributed by atoms with van der Waals surface area (Å²) >= 11 is 0. The van der Waals surface area contributed by atoms with Gasteiger partial charge in [0.1, 0.15) is 0 Å². The number of amides is 1. The van der Waals surface area contributed by atoms with E-state index >= 15 is 0 Å². The predicted molar refractivity (Wildman–Crippen MR) is 109 cm³/mol. The Hall–Kier alpha value is -2.76. The van der Waals surface area contributed by atoms with Gasteiger partial charge in [0.25, 0.3) is 0 Å². The summed E-state index contributed by atoms with van der Waals surface area (Å²) in [6.45, 7) is 4.44. The molecule has 1 heterocycles. The van der Waals surface area contributed by atoms with Crippen LogP contribution in [0.25, 0.3) is 10.9 Å². The molecular formula is C23H25F3N2O. The molecule has 0 aliphatic carbocycles. The Kier molecular flexibility index (Phi) is 6.01. The molecule has 0 aliphatic rings. The van der Waals surface area contributed by atoms with Crippen molar-refractivity contribution in [1.29, 1.82) is 0 Å². The van der Waals surface area contributed by atoms with Gasteiger partial charge in [0.15, 0.2) is 0 Å². The lowest BCUT2D eigenvalue weighted by Gasteiger charge is -2.22. The fourth-order valence-corrected chi connectivity index (χ4v) is 3.67. The largest absolute Gasteiger partial charge is 0.416 e. The Bertz CT molecular complexity index is 1000. The molecule has 0 fully saturated rings. The summed E-state index contributed by atoms with van der Waals surface area (Å²) in [6, 6.07) is 13.1. The van der Waals surface area contributed by atoms with Crippen molar-refractivity contribution >= 4 is 16.8 Å². The van der Waals surface area contributed by atoms with Crippen molar-refractivity contribution in [1.82, 2.24) is 9.88 Å². The highest BCUT2D eigenvalue weighted by atomic mass is 19.4. The third kappa shape index (κ3) is 4.63. The van der Waals surface area contributed by atoms with Gasteiger partial charge in [-0.05, 0) is 29.2 Å². The average molecular weight is 402 g/mol. The van der Waals surface area contributed by atoms with Crippen molar-refractivity contribution in [3.63, 3.8) is 0 Å². The molecule has 3 aromatic rings. The zero-order valence-corrected chi connectivity index (χ0v) is 16.8. The molecule has 1 aromatic heterocycles. The average Bonchev–Trinajstić information content (AvgIpc) is 3.00. The second-order valence-electron chi connectivity index (χ2n) is 7.75. The topological polar surface area (TPSA) is 34.0 Å². The molecule has 0 saturated carbocycles. The van der Waals surface area contributed by atoms with Crippen LogP contribution in [-0.2, 0) is 18.0 Å². The first-order valence-corrected chi connectivity index (χ1v) is 9.65. The van der Waals surface area contributed by atoms with E-state index in [0.717, 1.165) is 22.5 Å². The zero-order chi connectivity index (χ0) is 21.2. The minimum atomic E-state index is -4.49. The van der Waals surface area contributed by atoms with Gasteiger partial charge in [-0.15, -0.1) is 0 Å². The number of hydrogen-bond acceptors (Lipinski definition) is 1. The maximum Gasteiger partial charge on any atom is 0.416 e. The monoisotopic (exact) mass is 402 g/mol. The molecule has 2 aromatic carbocycles. The highest BCUT2D eigenvalue weighted by Gasteiger charge is 2.36. The zero-order valence-electron chi connectivity index (χ0n) is 16.8. The van der Waals surface area contributed by atoms with Gasteiger partial charge in [0.2, 0.25) is 5.91 Å². The van der Waals surface area contributed by atoms with Crippen LogP contribution in [0.1, 0.15) is 42.9 Å². The van der Waals surface area contributed by atoms with Crippen LogP contribution in [-0.4, -0.2) is 17.0 Å². The molecule has 1 atom stereocenters. The Morgan fingerprint density at radius 3 is 2.38 bits per heavy atom. The second-order valence-corrected chi connectivity index (χ2v) is 7.75. The van der Waals surface area contributed by atoms with Crippen molar-refractivity contribution in [2.24, 2.45) is 13.0 Å². The lowest BCUT2D eigenvalue weighted by atomic mass is 9.85. The van der Waals surface area contributed by atoms with Crippen LogP contribution in [0.2, 0.25) is 0 Å². The molecule has 6 heteroatoms. The number of halogens is 3. The number of rotatable bonds is 6. The Morgan fingerprint density at radius 1 is 1.03 bits per heavy atom. The second kappa shape index (κ2) is 8.31. The van der Waals surface area contributed by atoms with Gasteiger partial charge in [-0.1, -0.05) is 50.2 Å². The molecule has 0 bridgehead atoms. The maximum absolute atomic E-state index is 13.7. The number of carbonyl (C=O) groups is 1. The number of fused-ring (bicyclic) bond motifs is 1. The number of para-hydroxylation sites is 1. The third-order valence-electron chi connectivity index (χ3n) is 5.04. The van der Waals surface area contributed by atoms with E-state index in [1.807, 2.05) is 55.9 Å². The predicted octanol–water partition coefficient (Wildman–Crippen LogP) is 5.49. The number of benzene rings is 2. The first-order chi connectivity index (χ1) is 13.7. The molecule has 29 heavy (non-hydrogen) atoms. The Morgan fingerprint density at radius 2 is 1.69 bits per heavy atom. The lowest BCUT2D eigenvalue weighted by Crippen LogP contribution is -2.29. The number of hydrogen-bond donors (Lipinski definition) is 1. The summed E-state index contributed by atoms with van der Waals surface area (Å²) in [5, 5.41) is 3.69. The van der Waals surface area contributed by atoms with Crippen LogP contribution in [0.3, 0.4) is 0 Å². The fourth-order valence-electron chi connectivity index (χ4n) is 3.67. The van der Waals surface area contributed by atoms with Crippen molar-refractivity contribution < 1.29 is 18.0 Å². The summed E-state index contributed by atoms with van der Waals surface area (Å²) in [5.41, 5.74) is 1.06. The number of nitrogens with one attached hydrogen (secondary N) is 1. The summed E-state index contributed by atoms with van der Waals surface area (Å²) in [7, 11) is 1.86. The molecule has 1 unspecified atom stereocenters. The molecule has 3 rings (SSSR count). The Labute approximate surface area is 168 Å². The van der Waals surface area contributed by atoms with Crippen LogP contribution in [0, 0.1) is 5.92 Å². The summed E-state index contributed by atoms with van der Waals surface area (Å²) in [5.74, 6) is -0.697. The van der Waals surface area contributed by atoms with Crippen LogP contribution in [0.5, 0.6) is 0 Å². The van der Waals surface area contributed by atoms with E-state index in [4.69, 9.17) is 0 Å². The minimum absolute atomic E-state index is 0.0478. The first-order valence-electron chi connectivity index (χ1n) is 9.65. The van der Waals surface area contributed by atoms with Crippen LogP contribution < -0.4 is 5.32 Å². The highest BCUT2D eigenvalue weighted by Crippen LogP contribution is 2.41. The standard InChI is InChI=1S/C23H25F3N2O/c1-15(2)13-27-22(29)12-18(16-8-4-6-10-20(16)23(24,25)26)19-14-28(3)21-11-7-5-9-17(19)21/h4-11,14-15,18H,12-13H2,1-3H3,(H,27,29). The number of nitrogens with zero attached hydrogens (tertiary/aromatic N) is 1. The highest BCUT2D eigenvalue weighted by molar-refractivity contribution is 5.86. The first kappa shape index (κ1) is 21.0. The minimum Gasteiger partial charge on any atom is -0.356 e. The SMILES string of the molecule is CC(C)CNC(=O)CC(c1ccccc1C(F)(F)F)c1cn(C)c2ccccc12. The van der Waals surface area contributed by atoms with Crippen molar-refractivity contribution in [2.75, 3.05) is 6.54 Å². The number of carbonyl (C=O) groups excluding carboxylic acids is 1. The van der Waals surface area contributed by atoms with Crippen LogP contribution in [0.4, 0.5) is 13.2 Å². The third-order valence-corrected chi connectivity index (χ3v) is 5.04. The normalized spacial score (nSPS) is 13.1. The number of aryl methyl sites for hydroxylation is 1. The molecule has 3 nitrogen and oxygen atoms in total. The maximum atomic E-state index is 13.7. The molecule has 0 saturated heterocycles. The summed E-state index contributed by atoms with van der Waals surface area (Å²) in [6.07, 6.45) is -2.71. The van der Waals surface area contributed by atoms with E-state index < -0.39 is 17.7 Å².